The summed E-state index contributed by atoms with van der Waals surface area (Å²) in [4.78, 5) is 34.7. The van der Waals surface area contributed by atoms with Crippen molar-refractivity contribution in [3.05, 3.63) is 109 Å². The molecule has 0 saturated heterocycles. The van der Waals surface area contributed by atoms with Crippen molar-refractivity contribution in [2.75, 3.05) is 26.4 Å². The largest absolute Gasteiger partial charge is 0.472 e. The summed E-state index contributed by atoms with van der Waals surface area (Å²) in [5, 5.41) is 0. The van der Waals surface area contributed by atoms with Gasteiger partial charge >= 0.3 is 19.8 Å². The average molecular weight is 940 g/mol. The Balaban J connectivity index is 3.85. The van der Waals surface area contributed by atoms with Gasteiger partial charge in [0.1, 0.15) is 6.61 Å². The van der Waals surface area contributed by atoms with Crippen LogP contribution in [0.4, 0.5) is 0 Å². The third-order valence-electron chi connectivity index (χ3n) is 10.4. The number of esters is 2. The van der Waals surface area contributed by atoms with Crippen LogP contribution in [0.2, 0.25) is 0 Å². The molecule has 0 aromatic carbocycles. The van der Waals surface area contributed by atoms with E-state index in [2.05, 4.69) is 123 Å². The molecule has 66 heavy (non-hydrogen) atoms. The lowest BCUT2D eigenvalue weighted by atomic mass is 10.0. The third kappa shape index (κ3) is 50.1. The Morgan fingerprint density at radius 2 is 0.833 bits per heavy atom. The van der Waals surface area contributed by atoms with Crippen molar-refractivity contribution in [3.8, 4) is 0 Å². The molecule has 2 atom stereocenters. The summed E-state index contributed by atoms with van der Waals surface area (Å²) in [7, 11) is -4.37. The first-order chi connectivity index (χ1) is 32.3. The predicted octanol–water partition coefficient (Wildman–Crippen LogP) is 15.9. The quantitative estimate of drug-likeness (QED) is 0.0265. The fraction of sp³-hybridized carbons (Fsp3) is 0.643. The highest BCUT2D eigenvalue weighted by atomic mass is 31.2. The topological polar surface area (TPSA) is 134 Å². The van der Waals surface area contributed by atoms with Crippen LogP contribution >= 0.6 is 7.82 Å². The molecule has 0 radical (unpaired) electrons. The van der Waals surface area contributed by atoms with E-state index in [4.69, 9.17) is 24.3 Å². The molecule has 0 aliphatic rings. The molecule has 2 unspecified atom stereocenters. The van der Waals surface area contributed by atoms with Gasteiger partial charge in [-0.2, -0.15) is 0 Å². The summed E-state index contributed by atoms with van der Waals surface area (Å²) in [6, 6.07) is 0. The molecule has 0 aliphatic carbocycles. The molecule has 3 N–H and O–H groups in total. The molecule has 0 saturated carbocycles. The number of phosphoric acid groups is 1. The van der Waals surface area contributed by atoms with Crippen LogP contribution in [0, 0.1) is 0 Å². The number of rotatable bonds is 47. The van der Waals surface area contributed by atoms with Gasteiger partial charge in [0.25, 0.3) is 0 Å². The fourth-order valence-electron chi connectivity index (χ4n) is 6.63. The van der Waals surface area contributed by atoms with Crippen LogP contribution in [0.15, 0.2) is 109 Å². The molecule has 0 amide bonds. The highest BCUT2D eigenvalue weighted by molar-refractivity contribution is 7.47. The Hall–Kier alpha value is -3.33. The number of nitrogens with two attached hydrogens (primary N) is 1. The molecule has 9 nitrogen and oxygen atoms in total. The molecule has 0 aromatic rings. The number of hydrogen-bond acceptors (Lipinski definition) is 8. The molecule has 0 heterocycles. The predicted molar refractivity (Wildman–Crippen MR) is 279 cm³/mol. The minimum atomic E-state index is -4.37. The second-order valence-electron chi connectivity index (χ2n) is 16.7. The molecular formula is C56H94NO8P. The second-order valence-corrected chi connectivity index (χ2v) is 18.1. The lowest BCUT2D eigenvalue weighted by molar-refractivity contribution is -0.161. The van der Waals surface area contributed by atoms with E-state index in [9.17, 15) is 19.0 Å². The Morgan fingerprint density at radius 1 is 0.470 bits per heavy atom. The van der Waals surface area contributed by atoms with Gasteiger partial charge in [0.05, 0.1) is 13.2 Å². The number of carbonyl (C=O) groups is 2. The second kappa shape index (κ2) is 51.1. The summed E-state index contributed by atoms with van der Waals surface area (Å²) >= 11 is 0. The van der Waals surface area contributed by atoms with E-state index in [1.54, 1.807) is 0 Å². The van der Waals surface area contributed by atoms with E-state index in [0.29, 0.717) is 6.42 Å². The van der Waals surface area contributed by atoms with Crippen LogP contribution in [-0.2, 0) is 32.7 Å². The van der Waals surface area contributed by atoms with E-state index in [0.717, 1.165) is 116 Å². The zero-order valence-corrected chi connectivity index (χ0v) is 42.5. The Kier molecular flexibility index (Phi) is 48.5. The van der Waals surface area contributed by atoms with Gasteiger partial charge in [-0.3, -0.25) is 18.6 Å². The molecule has 0 bridgehead atoms. The van der Waals surface area contributed by atoms with Crippen molar-refractivity contribution in [1.29, 1.82) is 0 Å². The average Bonchev–Trinajstić information content (AvgIpc) is 3.31. The van der Waals surface area contributed by atoms with Gasteiger partial charge in [-0.1, -0.05) is 213 Å². The standard InChI is InChI=1S/C56H94NO8P/c1-3-5-7-9-11-12-13-14-15-16-17-18-19-20-21-22-23-24-25-26-27-28-29-30-31-32-33-34-35-36-37-38-39-40-41-42-43-45-47-49-56(59)65-54(53-64-66(60,61)63-51-50-57)52-62-55(58)48-46-44-10-8-6-4-2/h5,7,11-12,14-15,17-18,20-21,23-24,26-27,29-30,32-33,54H,3-4,6,8-10,13,16,19,22,25,28,31,34-53,57H2,1-2H3,(H,60,61)/b7-5-,12-11-,15-14-,18-17-,21-20-,24-23-,27-26-,30-29-,33-32-. The monoisotopic (exact) mass is 940 g/mol. The fourth-order valence-corrected chi connectivity index (χ4v) is 7.39. The lowest BCUT2D eigenvalue weighted by Gasteiger charge is -2.19. The van der Waals surface area contributed by atoms with Crippen molar-refractivity contribution in [2.45, 2.75) is 206 Å². The van der Waals surface area contributed by atoms with Gasteiger partial charge in [-0.05, 0) is 83.5 Å². The van der Waals surface area contributed by atoms with Crippen molar-refractivity contribution >= 4 is 19.8 Å². The number of ether oxygens (including phenoxy) is 2. The van der Waals surface area contributed by atoms with Gasteiger partial charge in [0.2, 0.25) is 0 Å². The molecule has 0 spiro atoms. The molecule has 0 fully saturated rings. The maximum Gasteiger partial charge on any atom is 0.472 e. The first-order valence-electron chi connectivity index (χ1n) is 25.9. The van der Waals surface area contributed by atoms with Gasteiger partial charge in [-0.15, -0.1) is 0 Å². The van der Waals surface area contributed by atoms with Crippen LogP contribution in [0.1, 0.15) is 200 Å². The smallest absolute Gasteiger partial charge is 0.462 e. The van der Waals surface area contributed by atoms with Crippen LogP contribution in [-0.4, -0.2) is 49.3 Å². The zero-order valence-electron chi connectivity index (χ0n) is 41.6. The Morgan fingerprint density at radius 3 is 1.24 bits per heavy atom. The summed E-state index contributed by atoms with van der Waals surface area (Å²) in [6.07, 6.45) is 69.0. The van der Waals surface area contributed by atoms with Crippen molar-refractivity contribution in [1.82, 2.24) is 0 Å². The van der Waals surface area contributed by atoms with Gasteiger partial charge in [0.15, 0.2) is 6.10 Å². The molecule has 0 aliphatic heterocycles. The first kappa shape index (κ1) is 62.7. The van der Waals surface area contributed by atoms with E-state index in [1.165, 1.54) is 51.4 Å². The third-order valence-corrected chi connectivity index (χ3v) is 11.4. The zero-order chi connectivity index (χ0) is 48.1. The van der Waals surface area contributed by atoms with Crippen molar-refractivity contribution in [3.63, 3.8) is 0 Å². The molecule has 376 valence electrons. The van der Waals surface area contributed by atoms with E-state index in [-0.39, 0.29) is 32.6 Å². The van der Waals surface area contributed by atoms with E-state index < -0.39 is 32.5 Å². The summed E-state index contributed by atoms with van der Waals surface area (Å²) in [5.74, 6) is -0.847. The lowest BCUT2D eigenvalue weighted by Crippen LogP contribution is -2.29. The van der Waals surface area contributed by atoms with Crippen LogP contribution in [0.25, 0.3) is 0 Å². The molecule has 10 heteroatoms. The maximum absolute atomic E-state index is 12.6. The van der Waals surface area contributed by atoms with Gasteiger partial charge in [0, 0.05) is 19.4 Å². The van der Waals surface area contributed by atoms with Crippen molar-refractivity contribution < 1.29 is 37.6 Å². The minimum Gasteiger partial charge on any atom is -0.462 e. The summed E-state index contributed by atoms with van der Waals surface area (Å²) < 4.78 is 32.6. The number of unbranched alkanes of at least 4 members (excludes halogenated alkanes) is 16. The first-order valence-corrected chi connectivity index (χ1v) is 27.4. The summed E-state index contributed by atoms with van der Waals surface area (Å²) in [6.45, 7) is 3.53. The summed E-state index contributed by atoms with van der Waals surface area (Å²) in [5.41, 5.74) is 5.34. The highest BCUT2D eigenvalue weighted by Crippen LogP contribution is 2.43. The number of carbonyl (C=O) groups excluding carboxylic acids is 2. The highest BCUT2D eigenvalue weighted by Gasteiger charge is 2.26. The number of hydrogen-bond donors (Lipinski definition) is 2. The maximum atomic E-state index is 12.6. The van der Waals surface area contributed by atoms with Crippen LogP contribution < -0.4 is 5.73 Å². The Bertz CT molecular complexity index is 1440. The molecule has 0 aromatic heterocycles. The molecule has 0 rings (SSSR count). The molecular weight excluding hydrogens is 846 g/mol. The van der Waals surface area contributed by atoms with Crippen molar-refractivity contribution in [2.24, 2.45) is 5.73 Å². The Labute approximate surface area is 403 Å². The van der Waals surface area contributed by atoms with Gasteiger partial charge in [-0.25, -0.2) is 4.57 Å². The van der Waals surface area contributed by atoms with Crippen LogP contribution in [0.5, 0.6) is 0 Å². The van der Waals surface area contributed by atoms with Crippen LogP contribution in [0.3, 0.4) is 0 Å². The minimum absolute atomic E-state index is 0.0494. The SMILES string of the molecule is CC/C=C\C/C=C\C/C=C\C/C=C\C/C=C\C/C=C\C/C=C\C/C=C\C/C=C\CCCCCCCCCCCCCC(=O)OC(COC(=O)CCCCCCCC)COP(=O)(O)OCCN. The van der Waals surface area contributed by atoms with Gasteiger partial charge < -0.3 is 20.1 Å². The normalized spacial score (nSPS) is 14.1. The van der Waals surface area contributed by atoms with E-state index >= 15 is 0 Å². The number of allylic oxidation sites excluding steroid dienone is 18. The number of phosphoric ester groups is 1. The van der Waals surface area contributed by atoms with E-state index in [1.807, 2.05) is 0 Å².